The summed E-state index contributed by atoms with van der Waals surface area (Å²) >= 11 is 0. The van der Waals surface area contributed by atoms with Crippen LogP contribution in [0, 0.1) is 0 Å². The highest BCUT2D eigenvalue weighted by molar-refractivity contribution is 5.21. The minimum atomic E-state index is 0.296. The summed E-state index contributed by atoms with van der Waals surface area (Å²) in [5.74, 6) is 0.449. The molecule has 0 amide bonds. The SMILES string of the molecule is CCCCN(C)Cc1cn[nH]c1C1CC(OCCC)CC(OCCC)C1. The Hall–Kier alpha value is -0.910. The number of ether oxygens (including phenoxy) is 2. The molecule has 1 aliphatic carbocycles. The maximum absolute atomic E-state index is 6.12. The van der Waals surface area contributed by atoms with Crippen molar-refractivity contribution in [3.8, 4) is 0 Å². The predicted octanol–water partition coefficient (Wildman–Crippen LogP) is 4.50. The van der Waals surface area contributed by atoms with Crippen LogP contribution in [-0.2, 0) is 16.0 Å². The summed E-state index contributed by atoms with van der Waals surface area (Å²) < 4.78 is 12.2. The van der Waals surface area contributed by atoms with Gasteiger partial charge in [-0.3, -0.25) is 5.10 Å². The zero-order valence-electron chi connectivity index (χ0n) is 17.3. The van der Waals surface area contributed by atoms with Crippen LogP contribution in [0.4, 0.5) is 0 Å². The molecule has 1 N–H and O–H groups in total. The van der Waals surface area contributed by atoms with Crippen LogP contribution in [0.2, 0.25) is 0 Å². The van der Waals surface area contributed by atoms with Gasteiger partial charge in [-0.2, -0.15) is 5.10 Å². The zero-order chi connectivity index (χ0) is 18.8. The maximum atomic E-state index is 6.12. The van der Waals surface area contributed by atoms with Crippen LogP contribution in [0.15, 0.2) is 6.20 Å². The van der Waals surface area contributed by atoms with Gasteiger partial charge in [0.1, 0.15) is 0 Å². The number of nitrogens with zero attached hydrogens (tertiary/aromatic N) is 2. The minimum Gasteiger partial charge on any atom is -0.378 e. The number of aromatic nitrogens is 2. The summed E-state index contributed by atoms with van der Waals surface area (Å²) in [6.45, 7) is 10.4. The van der Waals surface area contributed by atoms with E-state index in [9.17, 15) is 0 Å². The lowest BCUT2D eigenvalue weighted by Crippen LogP contribution is -2.33. The smallest absolute Gasteiger partial charge is 0.0606 e. The second kappa shape index (κ2) is 11.7. The second-order valence-corrected chi connectivity index (χ2v) is 7.79. The Kier molecular flexibility index (Phi) is 9.65. The molecular formula is C21H39N3O2. The van der Waals surface area contributed by atoms with Gasteiger partial charge in [-0.15, -0.1) is 0 Å². The van der Waals surface area contributed by atoms with Crippen LogP contribution in [0.3, 0.4) is 0 Å². The van der Waals surface area contributed by atoms with Gasteiger partial charge in [0, 0.05) is 36.9 Å². The molecule has 1 heterocycles. The van der Waals surface area contributed by atoms with Gasteiger partial charge in [-0.05, 0) is 52.1 Å². The fourth-order valence-corrected chi connectivity index (χ4v) is 3.89. The summed E-state index contributed by atoms with van der Waals surface area (Å²) in [7, 11) is 2.20. The van der Waals surface area contributed by atoms with E-state index < -0.39 is 0 Å². The standard InChI is InChI=1S/C21H39N3O2/c1-5-8-9-24(4)16-18-15-22-23-21(18)17-12-19(25-10-6-2)14-20(13-17)26-11-7-3/h15,17,19-20H,5-14,16H2,1-4H3,(H,22,23). The van der Waals surface area contributed by atoms with Crippen molar-refractivity contribution < 1.29 is 9.47 Å². The third kappa shape index (κ3) is 6.67. The van der Waals surface area contributed by atoms with Gasteiger partial charge in [0.15, 0.2) is 0 Å². The highest BCUT2D eigenvalue weighted by atomic mass is 16.5. The van der Waals surface area contributed by atoms with Gasteiger partial charge in [-0.1, -0.05) is 27.2 Å². The summed E-state index contributed by atoms with van der Waals surface area (Å²) in [6, 6.07) is 0. The molecule has 0 bridgehead atoms. The molecule has 26 heavy (non-hydrogen) atoms. The summed E-state index contributed by atoms with van der Waals surface area (Å²) in [6.07, 6.45) is 10.4. The van der Waals surface area contributed by atoms with Crippen molar-refractivity contribution in [2.24, 2.45) is 0 Å². The summed E-state index contributed by atoms with van der Waals surface area (Å²) in [4.78, 5) is 2.40. The predicted molar refractivity (Wildman–Crippen MR) is 106 cm³/mol. The van der Waals surface area contributed by atoms with Crippen molar-refractivity contribution in [1.82, 2.24) is 15.1 Å². The van der Waals surface area contributed by atoms with Gasteiger partial charge in [0.25, 0.3) is 0 Å². The molecule has 5 heteroatoms. The molecule has 2 atom stereocenters. The first-order valence-corrected chi connectivity index (χ1v) is 10.6. The maximum Gasteiger partial charge on any atom is 0.0606 e. The molecule has 0 radical (unpaired) electrons. The second-order valence-electron chi connectivity index (χ2n) is 7.79. The molecule has 1 saturated carbocycles. The molecule has 0 spiro atoms. The highest BCUT2D eigenvalue weighted by Crippen LogP contribution is 2.36. The quantitative estimate of drug-likeness (QED) is 0.592. The topological polar surface area (TPSA) is 50.4 Å². The van der Waals surface area contributed by atoms with Crippen LogP contribution in [0.5, 0.6) is 0 Å². The van der Waals surface area contributed by atoms with Gasteiger partial charge < -0.3 is 14.4 Å². The number of aromatic amines is 1. The molecule has 0 aromatic carbocycles. The largest absolute Gasteiger partial charge is 0.378 e. The first-order chi connectivity index (χ1) is 12.7. The Morgan fingerprint density at radius 2 is 1.69 bits per heavy atom. The minimum absolute atomic E-state index is 0.296. The van der Waals surface area contributed by atoms with E-state index in [0.717, 1.165) is 58.4 Å². The fraction of sp³-hybridized carbons (Fsp3) is 0.857. The van der Waals surface area contributed by atoms with Crippen molar-refractivity contribution in [3.05, 3.63) is 17.5 Å². The first-order valence-electron chi connectivity index (χ1n) is 10.6. The lowest BCUT2D eigenvalue weighted by molar-refractivity contribution is -0.0511. The number of H-pyrrole nitrogens is 1. The van der Waals surface area contributed by atoms with E-state index >= 15 is 0 Å². The molecule has 150 valence electrons. The number of nitrogens with one attached hydrogen (secondary N) is 1. The molecule has 2 unspecified atom stereocenters. The number of hydrogen-bond donors (Lipinski definition) is 1. The van der Waals surface area contributed by atoms with Crippen LogP contribution in [0.25, 0.3) is 0 Å². The van der Waals surface area contributed by atoms with Gasteiger partial charge in [-0.25, -0.2) is 0 Å². The van der Waals surface area contributed by atoms with E-state index in [1.54, 1.807) is 0 Å². The van der Waals surface area contributed by atoms with Crippen LogP contribution in [0.1, 0.15) is 82.9 Å². The van der Waals surface area contributed by atoms with E-state index in [-0.39, 0.29) is 0 Å². The van der Waals surface area contributed by atoms with Gasteiger partial charge in [0.05, 0.1) is 18.4 Å². The van der Waals surface area contributed by atoms with Crippen molar-refractivity contribution >= 4 is 0 Å². The molecule has 5 nitrogen and oxygen atoms in total. The van der Waals surface area contributed by atoms with E-state index in [2.05, 4.69) is 42.9 Å². The van der Waals surface area contributed by atoms with Crippen LogP contribution in [-0.4, -0.2) is 54.1 Å². The zero-order valence-corrected chi connectivity index (χ0v) is 17.3. The van der Waals surface area contributed by atoms with E-state index in [4.69, 9.17) is 9.47 Å². The van der Waals surface area contributed by atoms with Crippen molar-refractivity contribution in [2.75, 3.05) is 26.8 Å². The lowest BCUT2D eigenvalue weighted by Gasteiger charge is -2.35. The molecule has 1 aromatic heterocycles. The normalized spacial score (nSPS) is 23.7. The Bertz CT molecular complexity index is 475. The molecule has 0 saturated heterocycles. The molecule has 2 rings (SSSR count). The highest BCUT2D eigenvalue weighted by Gasteiger charge is 2.32. The average molecular weight is 366 g/mol. The van der Waals surface area contributed by atoms with E-state index in [0.29, 0.717) is 18.1 Å². The Morgan fingerprint density at radius 1 is 1.04 bits per heavy atom. The van der Waals surface area contributed by atoms with Gasteiger partial charge in [0.2, 0.25) is 0 Å². The average Bonchev–Trinajstić information content (AvgIpc) is 3.10. The summed E-state index contributed by atoms with van der Waals surface area (Å²) in [5.41, 5.74) is 2.63. The number of unbranched alkanes of at least 4 members (excludes halogenated alkanes) is 1. The summed E-state index contributed by atoms with van der Waals surface area (Å²) in [5, 5.41) is 7.67. The van der Waals surface area contributed by atoms with E-state index in [1.807, 2.05) is 6.20 Å². The third-order valence-electron chi connectivity index (χ3n) is 5.23. The molecule has 1 aromatic rings. The van der Waals surface area contributed by atoms with Crippen molar-refractivity contribution in [3.63, 3.8) is 0 Å². The van der Waals surface area contributed by atoms with E-state index in [1.165, 1.54) is 24.1 Å². The molecule has 0 aliphatic heterocycles. The van der Waals surface area contributed by atoms with Crippen LogP contribution < -0.4 is 0 Å². The molecular weight excluding hydrogens is 326 g/mol. The van der Waals surface area contributed by atoms with Crippen LogP contribution >= 0.6 is 0 Å². The van der Waals surface area contributed by atoms with Crippen molar-refractivity contribution in [1.29, 1.82) is 0 Å². The Labute approximate surface area is 159 Å². The lowest BCUT2D eigenvalue weighted by atomic mass is 9.82. The molecule has 1 aliphatic rings. The number of rotatable bonds is 12. The van der Waals surface area contributed by atoms with Gasteiger partial charge >= 0.3 is 0 Å². The monoisotopic (exact) mass is 365 g/mol. The third-order valence-corrected chi connectivity index (χ3v) is 5.23. The fourth-order valence-electron chi connectivity index (χ4n) is 3.89. The van der Waals surface area contributed by atoms with Crippen molar-refractivity contribution in [2.45, 2.75) is 90.4 Å². The number of hydrogen-bond acceptors (Lipinski definition) is 4. The molecule has 1 fully saturated rings. The first kappa shape index (κ1) is 21.4. The Balaban J connectivity index is 2.03. The Morgan fingerprint density at radius 3 is 2.27 bits per heavy atom.